The average Bonchev–Trinajstić information content (AvgIpc) is 2.43. The van der Waals surface area contributed by atoms with E-state index in [2.05, 4.69) is 4.98 Å². The molecule has 0 unspecified atom stereocenters. The maximum atomic E-state index is 5.67. The van der Waals surface area contributed by atoms with E-state index in [-0.39, 0.29) is 0 Å². The van der Waals surface area contributed by atoms with Crippen LogP contribution in [0.3, 0.4) is 0 Å². The third-order valence-corrected chi connectivity index (χ3v) is 2.35. The van der Waals surface area contributed by atoms with Crippen LogP contribution >= 0.6 is 34.2 Å². The first-order valence-electron chi connectivity index (χ1n) is 3.40. The number of fused-ring (bicyclic) bond motifs is 1. The molecule has 0 bridgehead atoms. The minimum absolute atomic E-state index is 0.507. The zero-order chi connectivity index (χ0) is 8.55. The minimum atomic E-state index is 0.507. The molecule has 4 heteroatoms. The van der Waals surface area contributed by atoms with Crippen molar-refractivity contribution < 1.29 is 4.42 Å². The van der Waals surface area contributed by atoms with Crippen molar-refractivity contribution in [3.05, 3.63) is 27.7 Å². The van der Waals surface area contributed by atoms with E-state index in [1.165, 1.54) is 0 Å². The summed E-state index contributed by atoms with van der Waals surface area (Å²) in [5.74, 6) is 0.507. The molecule has 62 valence electrons. The Labute approximate surface area is 88.1 Å². The molecule has 2 rings (SSSR count). The van der Waals surface area contributed by atoms with E-state index in [1.807, 2.05) is 40.8 Å². The van der Waals surface area contributed by atoms with Gasteiger partial charge in [0.25, 0.3) is 3.90 Å². The van der Waals surface area contributed by atoms with E-state index in [0.717, 1.165) is 16.7 Å². The van der Waals surface area contributed by atoms with Crippen LogP contribution in [0.1, 0.15) is 5.56 Å². The maximum Gasteiger partial charge on any atom is 0.258 e. The average molecular weight is 293 g/mol. The molecule has 0 aliphatic heterocycles. The Morgan fingerprint density at radius 1 is 1.50 bits per heavy atom. The fourth-order valence-corrected chi connectivity index (χ4v) is 1.69. The number of benzene rings is 1. The second-order valence-corrected chi connectivity index (χ2v) is 3.59. The van der Waals surface area contributed by atoms with Crippen molar-refractivity contribution >= 4 is 45.3 Å². The Morgan fingerprint density at radius 3 is 3.08 bits per heavy atom. The third-order valence-electron chi connectivity index (χ3n) is 1.58. The first-order chi connectivity index (χ1) is 5.79. The highest BCUT2D eigenvalue weighted by Gasteiger charge is 2.02. The minimum Gasteiger partial charge on any atom is -0.432 e. The topological polar surface area (TPSA) is 26.0 Å². The van der Waals surface area contributed by atoms with Crippen LogP contribution in [0.4, 0.5) is 0 Å². The highest BCUT2D eigenvalue weighted by molar-refractivity contribution is 14.1. The molecular weight excluding hydrogens is 288 g/mol. The molecule has 1 aromatic heterocycles. The molecule has 0 amide bonds. The van der Waals surface area contributed by atoms with Crippen LogP contribution in [0.5, 0.6) is 0 Å². The van der Waals surface area contributed by atoms with Crippen LogP contribution < -0.4 is 0 Å². The molecule has 2 aromatic rings. The number of hydrogen-bond donors (Lipinski definition) is 0. The van der Waals surface area contributed by atoms with E-state index < -0.39 is 0 Å². The van der Waals surface area contributed by atoms with Crippen molar-refractivity contribution in [2.24, 2.45) is 0 Å². The Morgan fingerprint density at radius 2 is 2.33 bits per heavy atom. The number of aromatic nitrogens is 1. The van der Waals surface area contributed by atoms with Gasteiger partial charge in [0, 0.05) is 28.5 Å². The van der Waals surface area contributed by atoms with Gasteiger partial charge in [0.05, 0.1) is 0 Å². The summed E-state index contributed by atoms with van der Waals surface area (Å²) < 4.78 is 5.99. The van der Waals surface area contributed by atoms with Crippen LogP contribution in [0.15, 0.2) is 22.6 Å². The summed E-state index contributed by atoms with van der Waals surface area (Å²) in [6.45, 7) is 0. The fraction of sp³-hybridized carbons (Fsp3) is 0.125. The van der Waals surface area contributed by atoms with Gasteiger partial charge in [-0.1, -0.05) is 6.07 Å². The maximum absolute atomic E-state index is 5.67. The monoisotopic (exact) mass is 293 g/mol. The van der Waals surface area contributed by atoms with Crippen molar-refractivity contribution in [2.75, 3.05) is 0 Å². The van der Waals surface area contributed by atoms with Crippen molar-refractivity contribution in [3.63, 3.8) is 0 Å². The third kappa shape index (κ3) is 1.43. The first kappa shape index (κ1) is 8.31. The zero-order valence-corrected chi connectivity index (χ0v) is 8.96. The number of halogens is 2. The van der Waals surface area contributed by atoms with Gasteiger partial charge in [-0.25, -0.2) is 4.98 Å². The van der Waals surface area contributed by atoms with Gasteiger partial charge in [-0.2, -0.15) is 0 Å². The largest absolute Gasteiger partial charge is 0.432 e. The molecule has 0 saturated heterocycles. The Balaban J connectivity index is 2.66. The lowest BCUT2D eigenvalue weighted by atomic mass is 10.2. The second-order valence-electron chi connectivity index (χ2n) is 2.40. The quantitative estimate of drug-likeness (QED) is 0.596. The number of rotatable bonds is 1. The standard InChI is InChI=1S/C8H5ClINO/c9-4-5-1-2-6-7(3-5)12-8(10)11-6/h1-3H,4H2. The fourth-order valence-electron chi connectivity index (χ4n) is 1.02. The molecule has 1 aromatic carbocycles. The van der Waals surface area contributed by atoms with Gasteiger partial charge in [0.1, 0.15) is 5.52 Å². The summed E-state index contributed by atoms with van der Waals surface area (Å²) in [5.41, 5.74) is 2.74. The molecule has 0 N–H and O–H groups in total. The zero-order valence-electron chi connectivity index (χ0n) is 6.05. The van der Waals surface area contributed by atoms with Crippen molar-refractivity contribution in [1.29, 1.82) is 0 Å². The second kappa shape index (κ2) is 3.22. The molecule has 0 radical (unpaired) electrons. The van der Waals surface area contributed by atoms with Gasteiger partial charge in [0.15, 0.2) is 5.58 Å². The van der Waals surface area contributed by atoms with Gasteiger partial charge in [0.2, 0.25) is 0 Å². The van der Waals surface area contributed by atoms with Crippen LogP contribution in [0, 0.1) is 3.90 Å². The van der Waals surface area contributed by atoms with Gasteiger partial charge in [-0.3, -0.25) is 0 Å². The highest BCUT2D eigenvalue weighted by atomic mass is 127. The number of oxazole rings is 1. The molecule has 0 spiro atoms. The number of nitrogens with zero attached hydrogens (tertiary/aromatic N) is 1. The number of alkyl halides is 1. The van der Waals surface area contributed by atoms with Crippen LogP contribution in [0.2, 0.25) is 0 Å². The summed E-state index contributed by atoms with van der Waals surface area (Å²) in [6, 6.07) is 5.78. The summed E-state index contributed by atoms with van der Waals surface area (Å²) >= 11 is 7.72. The predicted octanol–water partition coefficient (Wildman–Crippen LogP) is 3.17. The first-order valence-corrected chi connectivity index (χ1v) is 5.02. The lowest BCUT2D eigenvalue weighted by molar-refractivity contribution is 0.566. The van der Waals surface area contributed by atoms with Crippen LogP contribution in [-0.4, -0.2) is 4.98 Å². The van der Waals surface area contributed by atoms with E-state index >= 15 is 0 Å². The molecule has 0 aliphatic carbocycles. The summed E-state index contributed by atoms with van der Waals surface area (Å²) in [4.78, 5) is 4.17. The predicted molar refractivity (Wildman–Crippen MR) is 56.3 cm³/mol. The van der Waals surface area contributed by atoms with Crippen molar-refractivity contribution in [2.45, 2.75) is 5.88 Å². The molecule has 2 nitrogen and oxygen atoms in total. The number of hydrogen-bond acceptors (Lipinski definition) is 2. The Bertz CT molecular complexity index is 412. The van der Waals surface area contributed by atoms with E-state index in [1.54, 1.807) is 0 Å². The lowest BCUT2D eigenvalue weighted by Crippen LogP contribution is -1.75. The van der Waals surface area contributed by atoms with Gasteiger partial charge < -0.3 is 4.42 Å². The van der Waals surface area contributed by atoms with E-state index in [0.29, 0.717) is 9.78 Å². The molecule has 0 saturated carbocycles. The van der Waals surface area contributed by atoms with E-state index in [4.69, 9.17) is 16.0 Å². The molecular formula is C8H5ClINO. The SMILES string of the molecule is ClCc1ccc2nc(I)oc2c1. The Kier molecular flexibility index (Phi) is 2.23. The molecule has 0 atom stereocenters. The summed E-state index contributed by atoms with van der Waals surface area (Å²) in [5, 5.41) is 0. The lowest BCUT2D eigenvalue weighted by Gasteiger charge is -1.91. The van der Waals surface area contributed by atoms with Gasteiger partial charge in [-0.15, -0.1) is 11.6 Å². The Hall–Kier alpha value is -0.290. The van der Waals surface area contributed by atoms with Crippen molar-refractivity contribution in [3.8, 4) is 0 Å². The molecule has 1 heterocycles. The van der Waals surface area contributed by atoms with Gasteiger partial charge in [-0.05, 0) is 17.7 Å². The smallest absolute Gasteiger partial charge is 0.258 e. The molecule has 0 fully saturated rings. The van der Waals surface area contributed by atoms with E-state index in [9.17, 15) is 0 Å². The highest BCUT2D eigenvalue weighted by Crippen LogP contribution is 2.18. The molecule has 0 aliphatic rings. The van der Waals surface area contributed by atoms with Crippen molar-refractivity contribution in [1.82, 2.24) is 4.98 Å². The van der Waals surface area contributed by atoms with Crippen LogP contribution in [-0.2, 0) is 5.88 Å². The molecule has 12 heavy (non-hydrogen) atoms. The normalized spacial score (nSPS) is 10.8. The van der Waals surface area contributed by atoms with Crippen LogP contribution in [0.25, 0.3) is 11.1 Å². The summed E-state index contributed by atoms with van der Waals surface area (Å²) in [6.07, 6.45) is 0. The summed E-state index contributed by atoms with van der Waals surface area (Å²) in [7, 11) is 0. The van der Waals surface area contributed by atoms with Gasteiger partial charge >= 0.3 is 0 Å².